The Hall–Kier alpha value is -1.62. The summed E-state index contributed by atoms with van der Waals surface area (Å²) < 4.78 is 0. The normalized spacial score (nSPS) is 12.2. The molecule has 2 aromatic heterocycles. The molecule has 0 fully saturated rings. The molecule has 4 nitrogen and oxygen atoms in total. The molecule has 1 unspecified atom stereocenters. The minimum atomic E-state index is 0.258. The van der Waals surface area contributed by atoms with Gasteiger partial charge in [0.25, 0.3) is 0 Å². The minimum Gasteiger partial charge on any atom is -0.373 e. The SMILES string of the molecule is CNc1cc(NC(C)c2ccc(C)s2)ncn1. The van der Waals surface area contributed by atoms with Crippen LogP contribution in [0.3, 0.4) is 0 Å². The lowest BCUT2D eigenvalue weighted by Gasteiger charge is -2.13. The molecule has 0 bridgehead atoms. The zero-order chi connectivity index (χ0) is 12.3. The molecule has 1 atom stereocenters. The van der Waals surface area contributed by atoms with Crippen LogP contribution in [0, 0.1) is 6.92 Å². The number of nitrogens with one attached hydrogen (secondary N) is 2. The monoisotopic (exact) mass is 248 g/mol. The van der Waals surface area contributed by atoms with Gasteiger partial charge >= 0.3 is 0 Å². The maximum atomic E-state index is 4.20. The molecule has 0 aliphatic heterocycles. The van der Waals surface area contributed by atoms with Crippen molar-refractivity contribution in [3.63, 3.8) is 0 Å². The van der Waals surface area contributed by atoms with Crippen LogP contribution < -0.4 is 10.6 Å². The van der Waals surface area contributed by atoms with Crippen molar-refractivity contribution in [1.29, 1.82) is 0 Å². The maximum absolute atomic E-state index is 4.20. The van der Waals surface area contributed by atoms with E-state index in [1.54, 1.807) is 17.7 Å². The van der Waals surface area contributed by atoms with Crippen molar-refractivity contribution >= 4 is 23.0 Å². The van der Waals surface area contributed by atoms with Gasteiger partial charge in [0.05, 0.1) is 6.04 Å². The van der Waals surface area contributed by atoms with Crippen molar-refractivity contribution in [1.82, 2.24) is 9.97 Å². The molecule has 90 valence electrons. The van der Waals surface area contributed by atoms with Gasteiger partial charge in [0.1, 0.15) is 18.0 Å². The van der Waals surface area contributed by atoms with E-state index in [9.17, 15) is 0 Å². The first-order chi connectivity index (χ1) is 8.19. The molecule has 2 heterocycles. The number of hydrogen-bond donors (Lipinski definition) is 2. The lowest BCUT2D eigenvalue weighted by molar-refractivity contribution is 0.893. The molecular formula is C12H16N4S. The van der Waals surface area contributed by atoms with Crippen LogP contribution >= 0.6 is 11.3 Å². The summed E-state index contributed by atoms with van der Waals surface area (Å²) in [5, 5.41) is 6.36. The molecule has 0 saturated carbocycles. The minimum absolute atomic E-state index is 0.258. The van der Waals surface area contributed by atoms with Crippen molar-refractivity contribution in [2.24, 2.45) is 0 Å². The molecule has 2 N–H and O–H groups in total. The molecule has 0 aromatic carbocycles. The molecule has 0 aliphatic carbocycles. The van der Waals surface area contributed by atoms with Gasteiger partial charge in [-0.25, -0.2) is 9.97 Å². The van der Waals surface area contributed by atoms with E-state index in [-0.39, 0.29) is 6.04 Å². The second-order valence-corrected chi connectivity index (χ2v) is 5.17. The first kappa shape index (κ1) is 11.9. The molecule has 5 heteroatoms. The van der Waals surface area contributed by atoms with Gasteiger partial charge in [-0.05, 0) is 26.0 Å². The zero-order valence-electron chi connectivity index (χ0n) is 10.2. The van der Waals surface area contributed by atoms with Gasteiger partial charge in [0.15, 0.2) is 0 Å². The summed E-state index contributed by atoms with van der Waals surface area (Å²) in [6.45, 7) is 4.25. The van der Waals surface area contributed by atoms with Crippen LogP contribution in [0.25, 0.3) is 0 Å². The van der Waals surface area contributed by atoms with E-state index < -0.39 is 0 Å². The summed E-state index contributed by atoms with van der Waals surface area (Å²) in [7, 11) is 1.85. The molecule has 0 saturated heterocycles. The first-order valence-electron chi connectivity index (χ1n) is 5.51. The molecule has 0 spiro atoms. The van der Waals surface area contributed by atoms with Gasteiger partial charge in [0, 0.05) is 22.9 Å². The fourth-order valence-corrected chi connectivity index (χ4v) is 2.43. The Bertz CT molecular complexity index is 495. The summed E-state index contributed by atoms with van der Waals surface area (Å²) in [5.41, 5.74) is 0. The van der Waals surface area contributed by atoms with Crippen molar-refractivity contribution in [2.75, 3.05) is 17.7 Å². The third-order valence-electron chi connectivity index (χ3n) is 2.48. The number of aryl methyl sites for hydroxylation is 1. The molecule has 0 aliphatic rings. The van der Waals surface area contributed by atoms with E-state index in [0.717, 1.165) is 11.6 Å². The Morgan fingerprint density at radius 1 is 1.24 bits per heavy atom. The standard InChI is InChI=1S/C12H16N4S/c1-8-4-5-10(17-8)9(2)16-12-6-11(13-3)14-7-15-12/h4-7,9H,1-3H3,(H2,13,14,15,16). The van der Waals surface area contributed by atoms with Crippen LogP contribution in [0.5, 0.6) is 0 Å². The number of nitrogens with zero attached hydrogens (tertiary/aromatic N) is 2. The van der Waals surface area contributed by atoms with Crippen molar-refractivity contribution in [3.8, 4) is 0 Å². The van der Waals surface area contributed by atoms with Crippen LogP contribution in [0.2, 0.25) is 0 Å². The summed E-state index contributed by atoms with van der Waals surface area (Å²) in [4.78, 5) is 10.9. The largest absolute Gasteiger partial charge is 0.373 e. The van der Waals surface area contributed by atoms with Gasteiger partial charge in [0.2, 0.25) is 0 Å². The average molecular weight is 248 g/mol. The predicted molar refractivity (Wildman–Crippen MR) is 72.7 cm³/mol. The second kappa shape index (κ2) is 5.14. The Kier molecular flexibility index (Phi) is 3.58. The Morgan fingerprint density at radius 2 is 2.00 bits per heavy atom. The Balaban J connectivity index is 2.09. The third-order valence-corrected chi connectivity index (χ3v) is 3.66. The van der Waals surface area contributed by atoms with E-state index in [0.29, 0.717) is 0 Å². The summed E-state index contributed by atoms with van der Waals surface area (Å²) >= 11 is 1.80. The lowest BCUT2D eigenvalue weighted by Crippen LogP contribution is -2.07. The van der Waals surface area contributed by atoms with Crippen molar-refractivity contribution < 1.29 is 0 Å². The highest BCUT2D eigenvalue weighted by Crippen LogP contribution is 2.25. The van der Waals surface area contributed by atoms with Gasteiger partial charge in [-0.1, -0.05) is 0 Å². The van der Waals surface area contributed by atoms with Gasteiger partial charge in [-0.3, -0.25) is 0 Å². The van der Waals surface area contributed by atoms with E-state index in [4.69, 9.17) is 0 Å². The number of rotatable bonds is 4. The van der Waals surface area contributed by atoms with Gasteiger partial charge < -0.3 is 10.6 Å². The smallest absolute Gasteiger partial charge is 0.131 e. The van der Waals surface area contributed by atoms with E-state index in [2.05, 4.69) is 46.6 Å². The first-order valence-corrected chi connectivity index (χ1v) is 6.33. The van der Waals surface area contributed by atoms with Crippen LogP contribution in [0.4, 0.5) is 11.6 Å². The molecule has 0 radical (unpaired) electrons. The highest BCUT2D eigenvalue weighted by Gasteiger charge is 2.08. The second-order valence-electron chi connectivity index (χ2n) is 3.85. The lowest BCUT2D eigenvalue weighted by atomic mass is 10.2. The Labute approximate surface area is 105 Å². The predicted octanol–water partition coefficient (Wildman–Crippen LogP) is 3.06. The Morgan fingerprint density at radius 3 is 2.65 bits per heavy atom. The number of hydrogen-bond acceptors (Lipinski definition) is 5. The van der Waals surface area contributed by atoms with E-state index in [1.807, 2.05) is 13.1 Å². The maximum Gasteiger partial charge on any atom is 0.131 e. The zero-order valence-corrected chi connectivity index (χ0v) is 11.0. The highest BCUT2D eigenvalue weighted by atomic mass is 32.1. The molecule has 2 aromatic rings. The fourth-order valence-electron chi connectivity index (χ4n) is 1.55. The van der Waals surface area contributed by atoms with Crippen LogP contribution in [-0.2, 0) is 0 Å². The van der Waals surface area contributed by atoms with Gasteiger partial charge in [-0.15, -0.1) is 11.3 Å². The quantitative estimate of drug-likeness (QED) is 0.873. The number of anilines is 2. The summed E-state index contributed by atoms with van der Waals surface area (Å²) in [5.74, 6) is 1.65. The molecule has 0 amide bonds. The average Bonchev–Trinajstić information content (AvgIpc) is 2.76. The van der Waals surface area contributed by atoms with E-state index >= 15 is 0 Å². The number of thiophene rings is 1. The van der Waals surface area contributed by atoms with Gasteiger partial charge in [-0.2, -0.15) is 0 Å². The van der Waals surface area contributed by atoms with E-state index in [1.165, 1.54) is 9.75 Å². The van der Waals surface area contributed by atoms with Crippen LogP contribution in [0.15, 0.2) is 24.5 Å². The number of aromatic nitrogens is 2. The van der Waals surface area contributed by atoms with Crippen LogP contribution in [-0.4, -0.2) is 17.0 Å². The molecule has 2 rings (SSSR count). The molecular weight excluding hydrogens is 232 g/mol. The summed E-state index contributed by atoms with van der Waals surface area (Å²) in [6, 6.07) is 6.44. The topological polar surface area (TPSA) is 49.8 Å². The highest BCUT2D eigenvalue weighted by molar-refractivity contribution is 7.12. The van der Waals surface area contributed by atoms with Crippen LogP contribution in [0.1, 0.15) is 22.7 Å². The van der Waals surface area contributed by atoms with Crippen molar-refractivity contribution in [3.05, 3.63) is 34.3 Å². The third kappa shape index (κ3) is 2.94. The molecule has 17 heavy (non-hydrogen) atoms. The fraction of sp³-hybridized carbons (Fsp3) is 0.333. The van der Waals surface area contributed by atoms with Crippen molar-refractivity contribution in [2.45, 2.75) is 19.9 Å². The summed E-state index contributed by atoms with van der Waals surface area (Å²) in [6.07, 6.45) is 1.56.